The quantitative estimate of drug-likeness (QED) is 0.219. The van der Waals surface area contributed by atoms with Gasteiger partial charge in [0.25, 0.3) is 0 Å². The zero-order valence-corrected chi connectivity index (χ0v) is 19.7. The van der Waals surface area contributed by atoms with Gasteiger partial charge in [-0.25, -0.2) is 0 Å². The van der Waals surface area contributed by atoms with Crippen LogP contribution in [0.1, 0.15) is 109 Å². The standard InChI is InChI=1S/C26H42O3S/c1-2-3-4-5-6-7-8-9-10-11-12-13-17-20-24(30)25-23(27)21-28-26(29-25)22-18-15-14-16-19-22/h14-16,18-19,23,25-27H,2-13,17,20-21H2,1H3. The van der Waals surface area contributed by atoms with Gasteiger partial charge in [0.05, 0.1) is 6.61 Å². The fourth-order valence-electron chi connectivity index (χ4n) is 4.07. The van der Waals surface area contributed by atoms with Gasteiger partial charge in [0.2, 0.25) is 0 Å². The minimum Gasteiger partial charge on any atom is -0.388 e. The van der Waals surface area contributed by atoms with Crippen molar-refractivity contribution in [3.8, 4) is 0 Å². The Bertz CT molecular complexity index is 563. The van der Waals surface area contributed by atoms with Crippen LogP contribution < -0.4 is 0 Å². The Morgan fingerprint density at radius 1 is 0.867 bits per heavy atom. The smallest absolute Gasteiger partial charge is 0.184 e. The molecule has 170 valence electrons. The summed E-state index contributed by atoms with van der Waals surface area (Å²) in [6.45, 7) is 2.54. The van der Waals surface area contributed by atoms with E-state index in [4.69, 9.17) is 21.7 Å². The first-order chi connectivity index (χ1) is 14.7. The first kappa shape index (κ1) is 25.5. The molecule has 0 aliphatic carbocycles. The second-order valence-electron chi connectivity index (χ2n) is 8.66. The molecular weight excluding hydrogens is 392 g/mol. The van der Waals surface area contributed by atoms with Crippen LogP contribution in [0.2, 0.25) is 0 Å². The van der Waals surface area contributed by atoms with Crippen LogP contribution in [0.15, 0.2) is 30.3 Å². The maximum Gasteiger partial charge on any atom is 0.184 e. The van der Waals surface area contributed by atoms with Gasteiger partial charge >= 0.3 is 0 Å². The molecule has 1 aliphatic rings. The molecule has 1 heterocycles. The Hall–Kier alpha value is -0.810. The van der Waals surface area contributed by atoms with E-state index in [0.29, 0.717) is 0 Å². The molecule has 0 aromatic heterocycles. The topological polar surface area (TPSA) is 38.7 Å². The molecule has 4 heteroatoms. The van der Waals surface area contributed by atoms with E-state index < -0.39 is 18.5 Å². The molecule has 0 saturated carbocycles. The van der Waals surface area contributed by atoms with Crippen molar-refractivity contribution < 1.29 is 14.6 Å². The van der Waals surface area contributed by atoms with Gasteiger partial charge in [-0.15, -0.1) is 0 Å². The summed E-state index contributed by atoms with van der Waals surface area (Å²) in [7, 11) is 0. The third kappa shape index (κ3) is 10.00. The first-order valence-corrected chi connectivity index (χ1v) is 12.7. The number of ether oxygens (including phenoxy) is 2. The van der Waals surface area contributed by atoms with Crippen molar-refractivity contribution in [2.75, 3.05) is 6.61 Å². The Kier molecular flexibility index (Phi) is 13.5. The predicted molar refractivity (Wildman–Crippen MR) is 129 cm³/mol. The number of aliphatic hydroxyl groups is 1. The molecule has 0 bridgehead atoms. The lowest BCUT2D eigenvalue weighted by molar-refractivity contribution is -0.238. The first-order valence-electron chi connectivity index (χ1n) is 12.2. The number of unbranched alkanes of at least 4 members (excludes halogenated alkanes) is 12. The fraction of sp³-hybridized carbons (Fsp3) is 0.731. The highest BCUT2D eigenvalue weighted by Gasteiger charge is 2.33. The summed E-state index contributed by atoms with van der Waals surface area (Å²) >= 11 is 5.60. The Labute approximate surface area is 189 Å². The Morgan fingerprint density at radius 2 is 1.40 bits per heavy atom. The Balaban J connectivity index is 1.50. The van der Waals surface area contributed by atoms with Gasteiger partial charge in [0.1, 0.15) is 12.2 Å². The van der Waals surface area contributed by atoms with Crippen LogP contribution in [0.4, 0.5) is 0 Å². The molecule has 2 rings (SSSR count). The maximum atomic E-state index is 10.3. The fourth-order valence-corrected chi connectivity index (χ4v) is 4.43. The summed E-state index contributed by atoms with van der Waals surface area (Å²) in [5, 5.41) is 10.3. The molecule has 1 aliphatic heterocycles. The average Bonchev–Trinajstić information content (AvgIpc) is 2.77. The molecule has 30 heavy (non-hydrogen) atoms. The van der Waals surface area contributed by atoms with Crippen LogP contribution in [0.3, 0.4) is 0 Å². The predicted octanol–water partition coefficient (Wildman–Crippen LogP) is 7.31. The summed E-state index contributed by atoms with van der Waals surface area (Å²) in [5.41, 5.74) is 0.971. The summed E-state index contributed by atoms with van der Waals surface area (Å²) < 4.78 is 11.6. The van der Waals surface area contributed by atoms with Crippen LogP contribution in [0, 0.1) is 0 Å². The molecule has 1 saturated heterocycles. The zero-order valence-electron chi connectivity index (χ0n) is 18.9. The number of benzene rings is 1. The molecule has 0 spiro atoms. The lowest BCUT2D eigenvalue weighted by Gasteiger charge is -2.34. The van der Waals surface area contributed by atoms with Crippen molar-refractivity contribution in [1.29, 1.82) is 0 Å². The highest BCUT2D eigenvalue weighted by Crippen LogP contribution is 2.28. The molecule has 1 fully saturated rings. The number of rotatable bonds is 16. The second kappa shape index (κ2) is 15.9. The van der Waals surface area contributed by atoms with Crippen LogP contribution in [0.25, 0.3) is 0 Å². The molecule has 0 radical (unpaired) electrons. The molecule has 1 N–H and O–H groups in total. The van der Waals surface area contributed by atoms with Crippen LogP contribution in [-0.2, 0) is 9.47 Å². The van der Waals surface area contributed by atoms with Gasteiger partial charge in [0.15, 0.2) is 6.29 Å². The number of hydrogen-bond donors (Lipinski definition) is 1. The van der Waals surface area contributed by atoms with Gasteiger partial charge in [-0.2, -0.15) is 0 Å². The van der Waals surface area contributed by atoms with Crippen LogP contribution >= 0.6 is 12.2 Å². The summed E-state index contributed by atoms with van der Waals surface area (Å²) in [6.07, 6.45) is 16.8. The lowest BCUT2D eigenvalue weighted by Crippen LogP contribution is -2.44. The highest BCUT2D eigenvalue weighted by molar-refractivity contribution is 7.80. The molecule has 3 nitrogen and oxygen atoms in total. The van der Waals surface area contributed by atoms with E-state index in [0.717, 1.165) is 23.3 Å². The van der Waals surface area contributed by atoms with Crippen molar-refractivity contribution in [3.05, 3.63) is 35.9 Å². The minimum atomic E-state index is -0.667. The van der Waals surface area contributed by atoms with Gasteiger partial charge in [0, 0.05) is 10.4 Å². The van der Waals surface area contributed by atoms with Crippen LogP contribution in [-0.4, -0.2) is 28.8 Å². The maximum absolute atomic E-state index is 10.3. The minimum absolute atomic E-state index is 0.267. The molecule has 1 aromatic carbocycles. The molecule has 3 unspecified atom stereocenters. The van der Waals surface area contributed by atoms with Gasteiger partial charge in [-0.3, -0.25) is 0 Å². The van der Waals surface area contributed by atoms with Crippen molar-refractivity contribution >= 4 is 17.1 Å². The monoisotopic (exact) mass is 434 g/mol. The number of aliphatic hydroxyl groups excluding tert-OH is 1. The van der Waals surface area contributed by atoms with E-state index in [1.54, 1.807) is 0 Å². The third-order valence-corrected chi connectivity index (χ3v) is 6.39. The van der Waals surface area contributed by atoms with E-state index in [1.807, 2.05) is 30.3 Å². The molecular formula is C26H42O3S. The third-order valence-electron chi connectivity index (χ3n) is 5.95. The average molecular weight is 435 g/mol. The number of thiocarbonyl (C=S) groups is 1. The van der Waals surface area contributed by atoms with E-state index in [1.165, 1.54) is 77.0 Å². The summed E-state index contributed by atoms with van der Waals surface area (Å²) in [5.74, 6) is 0. The van der Waals surface area contributed by atoms with Gasteiger partial charge < -0.3 is 14.6 Å². The largest absolute Gasteiger partial charge is 0.388 e. The van der Waals surface area contributed by atoms with E-state index in [2.05, 4.69) is 6.92 Å². The highest BCUT2D eigenvalue weighted by atomic mass is 32.1. The normalized spacial score (nSPS) is 21.6. The summed E-state index contributed by atoms with van der Waals surface area (Å²) in [4.78, 5) is 0.829. The summed E-state index contributed by atoms with van der Waals surface area (Å²) in [6, 6.07) is 9.86. The van der Waals surface area contributed by atoms with Crippen molar-refractivity contribution in [2.45, 2.75) is 115 Å². The molecule has 1 aromatic rings. The van der Waals surface area contributed by atoms with Crippen LogP contribution in [0.5, 0.6) is 0 Å². The van der Waals surface area contributed by atoms with Crippen molar-refractivity contribution in [1.82, 2.24) is 0 Å². The van der Waals surface area contributed by atoms with Crippen molar-refractivity contribution in [2.24, 2.45) is 0 Å². The molecule has 3 atom stereocenters. The van der Waals surface area contributed by atoms with E-state index in [9.17, 15) is 5.11 Å². The van der Waals surface area contributed by atoms with Gasteiger partial charge in [-0.1, -0.05) is 127 Å². The molecule has 0 amide bonds. The van der Waals surface area contributed by atoms with Gasteiger partial charge in [-0.05, 0) is 12.8 Å². The lowest BCUT2D eigenvalue weighted by atomic mass is 10.0. The second-order valence-corrected chi connectivity index (χ2v) is 9.18. The van der Waals surface area contributed by atoms with E-state index in [-0.39, 0.29) is 6.61 Å². The SMILES string of the molecule is CCCCCCCCCCCCCCCC(=S)C1OC(c2ccccc2)OCC1O. The Morgan fingerprint density at radius 3 is 1.97 bits per heavy atom. The van der Waals surface area contributed by atoms with Crippen molar-refractivity contribution in [3.63, 3.8) is 0 Å². The van der Waals surface area contributed by atoms with E-state index >= 15 is 0 Å². The number of hydrogen-bond acceptors (Lipinski definition) is 4. The zero-order chi connectivity index (χ0) is 21.4.